The molecule has 0 radical (unpaired) electrons. The highest BCUT2D eigenvalue weighted by Gasteiger charge is 2.18. The molecule has 0 atom stereocenters. The number of anilines is 2. The molecule has 1 amide bonds. The van der Waals surface area contributed by atoms with Crippen molar-refractivity contribution < 1.29 is 18.7 Å². The van der Waals surface area contributed by atoms with Gasteiger partial charge in [-0.25, -0.2) is 8.78 Å². The van der Waals surface area contributed by atoms with Crippen molar-refractivity contribution in [3.8, 4) is 0 Å². The number of halogens is 2. The van der Waals surface area contributed by atoms with Crippen molar-refractivity contribution in [2.75, 3.05) is 37.0 Å². The lowest BCUT2D eigenvalue weighted by Crippen LogP contribution is -2.38. The lowest BCUT2D eigenvalue weighted by Gasteiger charge is -2.27. The number of amides is 1. The van der Waals surface area contributed by atoms with E-state index in [9.17, 15) is 13.6 Å². The van der Waals surface area contributed by atoms with Crippen LogP contribution in [0.1, 0.15) is 5.56 Å². The summed E-state index contributed by atoms with van der Waals surface area (Å²) in [6, 6.07) is 11.2. The van der Waals surface area contributed by atoms with E-state index >= 15 is 0 Å². The van der Waals surface area contributed by atoms with Crippen molar-refractivity contribution >= 4 is 17.3 Å². The van der Waals surface area contributed by atoms with Gasteiger partial charge in [0.1, 0.15) is 0 Å². The lowest BCUT2D eigenvalue weighted by atomic mass is 10.1. The van der Waals surface area contributed by atoms with Gasteiger partial charge in [0, 0.05) is 25.7 Å². The number of hydrogen-bond acceptors (Lipinski definition) is 4. The average Bonchev–Trinajstić information content (AvgIpc) is 2.63. The highest BCUT2D eigenvalue weighted by atomic mass is 19.2. The first kappa shape index (κ1) is 18.7. The monoisotopic (exact) mass is 349 g/mol. The third-order valence-corrected chi connectivity index (χ3v) is 3.68. The highest BCUT2D eigenvalue weighted by molar-refractivity contribution is 5.83. The molecule has 0 saturated carbocycles. The minimum atomic E-state index is -0.927. The van der Waals surface area contributed by atoms with E-state index in [1.165, 1.54) is 12.1 Å². The Balaban J connectivity index is 2.31. The number of carbonyl (C=O) groups is 1. The van der Waals surface area contributed by atoms with Crippen LogP contribution >= 0.6 is 0 Å². The Morgan fingerprint density at radius 3 is 2.64 bits per heavy atom. The Morgan fingerprint density at radius 2 is 1.92 bits per heavy atom. The third-order valence-electron chi connectivity index (χ3n) is 3.68. The second kappa shape index (κ2) is 8.98. The molecule has 0 aliphatic carbocycles. The van der Waals surface area contributed by atoms with Gasteiger partial charge < -0.3 is 20.6 Å². The summed E-state index contributed by atoms with van der Waals surface area (Å²) in [5.41, 5.74) is 1.60. The first-order valence-electron chi connectivity index (χ1n) is 7.89. The van der Waals surface area contributed by atoms with Crippen molar-refractivity contribution in [2.24, 2.45) is 0 Å². The number of nitrogens with one attached hydrogen (secondary N) is 2. The summed E-state index contributed by atoms with van der Waals surface area (Å²) in [7, 11) is 1.74. The van der Waals surface area contributed by atoms with E-state index < -0.39 is 11.6 Å². The van der Waals surface area contributed by atoms with Gasteiger partial charge in [-0.05, 0) is 18.2 Å². The molecule has 0 saturated heterocycles. The molecule has 2 aromatic carbocycles. The van der Waals surface area contributed by atoms with Gasteiger partial charge in [-0.2, -0.15) is 0 Å². The summed E-state index contributed by atoms with van der Waals surface area (Å²) < 4.78 is 27.5. The van der Waals surface area contributed by atoms with Gasteiger partial charge in [-0.15, -0.1) is 0 Å². The van der Waals surface area contributed by atoms with E-state index in [0.29, 0.717) is 5.69 Å². The van der Waals surface area contributed by atoms with Crippen LogP contribution in [-0.2, 0) is 11.3 Å². The van der Waals surface area contributed by atoms with E-state index in [4.69, 9.17) is 5.11 Å². The predicted octanol–water partition coefficient (Wildman–Crippen LogP) is 2.12. The number of benzene rings is 2. The molecule has 2 aromatic rings. The molecule has 25 heavy (non-hydrogen) atoms. The zero-order chi connectivity index (χ0) is 18.2. The maximum atomic E-state index is 14.0. The fourth-order valence-corrected chi connectivity index (χ4v) is 2.49. The van der Waals surface area contributed by atoms with Crippen LogP contribution in [0.4, 0.5) is 20.2 Å². The molecule has 0 heterocycles. The minimum Gasteiger partial charge on any atom is -0.395 e. The summed E-state index contributed by atoms with van der Waals surface area (Å²) in [6.45, 7) is -0.0739. The van der Waals surface area contributed by atoms with E-state index in [1.807, 2.05) is 12.1 Å². The summed E-state index contributed by atoms with van der Waals surface area (Å²) in [5.74, 6) is -2.17. The molecule has 0 aliphatic rings. The number of para-hydroxylation sites is 2. The Morgan fingerprint density at radius 1 is 1.16 bits per heavy atom. The molecule has 0 aromatic heterocycles. The van der Waals surface area contributed by atoms with E-state index in [1.54, 1.807) is 24.1 Å². The van der Waals surface area contributed by atoms with Crippen LogP contribution < -0.4 is 15.5 Å². The van der Waals surface area contributed by atoms with E-state index in [-0.39, 0.29) is 37.7 Å². The van der Waals surface area contributed by atoms with Crippen molar-refractivity contribution in [3.63, 3.8) is 0 Å². The molecule has 0 bridgehead atoms. The van der Waals surface area contributed by atoms with Crippen LogP contribution in [-0.4, -0.2) is 37.8 Å². The molecule has 7 heteroatoms. The number of nitrogens with zero attached hydrogens (tertiary/aromatic N) is 1. The summed E-state index contributed by atoms with van der Waals surface area (Å²) in [4.78, 5) is 13.7. The second-order valence-corrected chi connectivity index (χ2v) is 5.41. The van der Waals surface area contributed by atoms with Crippen LogP contribution in [0, 0.1) is 11.6 Å². The first-order chi connectivity index (χ1) is 12.1. The zero-order valence-electron chi connectivity index (χ0n) is 13.9. The maximum absolute atomic E-state index is 14.0. The van der Waals surface area contributed by atoms with Crippen LogP contribution in [0.5, 0.6) is 0 Å². The predicted molar refractivity (Wildman–Crippen MR) is 93.5 cm³/mol. The van der Waals surface area contributed by atoms with Gasteiger partial charge in [0.2, 0.25) is 5.91 Å². The van der Waals surface area contributed by atoms with Crippen molar-refractivity contribution in [1.29, 1.82) is 0 Å². The van der Waals surface area contributed by atoms with Crippen molar-refractivity contribution in [1.82, 2.24) is 5.32 Å². The van der Waals surface area contributed by atoms with E-state index in [0.717, 1.165) is 11.8 Å². The number of aliphatic hydroxyl groups is 1. The van der Waals surface area contributed by atoms with Crippen molar-refractivity contribution in [3.05, 3.63) is 59.7 Å². The molecule has 5 nitrogen and oxygen atoms in total. The Bertz CT molecular complexity index is 725. The number of hydrogen-bond donors (Lipinski definition) is 3. The van der Waals surface area contributed by atoms with Gasteiger partial charge in [0.05, 0.1) is 24.5 Å². The maximum Gasteiger partial charge on any atom is 0.239 e. The van der Waals surface area contributed by atoms with Gasteiger partial charge >= 0.3 is 0 Å². The normalized spacial score (nSPS) is 10.4. The van der Waals surface area contributed by atoms with Crippen LogP contribution in [0.15, 0.2) is 42.5 Å². The third kappa shape index (κ3) is 4.90. The Kier molecular flexibility index (Phi) is 6.71. The summed E-state index contributed by atoms with van der Waals surface area (Å²) in [6.07, 6.45) is 0. The smallest absolute Gasteiger partial charge is 0.239 e. The van der Waals surface area contributed by atoms with Crippen LogP contribution in [0.25, 0.3) is 0 Å². The quantitative estimate of drug-likeness (QED) is 0.683. The Hall–Kier alpha value is -2.67. The fraction of sp³-hybridized carbons (Fsp3) is 0.278. The molecule has 3 N–H and O–H groups in total. The molecule has 0 spiro atoms. The number of rotatable bonds is 8. The average molecular weight is 349 g/mol. The molecule has 0 aliphatic heterocycles. The highest BCUT2D eigenvalue weighted by Crippen LogP contribution is 2.27. The van der Waals surface area contributed by atoms with Gasteiger partial charge in [-0.3, -0.25) is 4.79 Å². The second-order valence-electron chi connectivity index (χ2n) is 5.41. The molecule has 134 valence electrons. The van der Waals surface area contributed by atoms with E-state index in [2.05, 4.69) is 10.6 Å². The Labute approximate surface area is 145 Å². The molecular formula is C18H21F2N3O2. The number of carbonyl (C=O) groups excluding carboxylic acids is 1. The SMILES string of the molecule is CNc1ccccc1N(CC(=O)NCCO)Cc1cccc(F)c1F. The standard InChI is InChI=1S/C18H21F2N3O2/c1-21-15-7-2-3-8-16(15)23(12-17(25)22-9-10-24)11-13-5-4-6-14(19)18(13)20/h2-8,21,24H,9-12H2,1H3,(H,22,25). The minimum absolute atomic E-state index is 0.0227. The lowest BCUT2D eigenvalue weighted by molar-refractivity contribution is -0.119. The first-order valence-corrected chi connectivity index (χ1v) is 7.89. The van der Waals surface area contributed by atoms with Gasteiger partial charge in [0.25, 0.3) is 0 Å². The van der Waals surface area contributed by atoms with Crippen LogP contribution in [0.2, 0.25) is 0 Å². The van der Waals surface area contributed by atoms with Crippen molar-refractivity contribution in [2.45, 2.75) is 6.54 Å². The topological polar surface area (TPSA) is 64.6 Å². The molecule has 2 rings (SSSR count). The van der Waals surface area contributed by atoms with Gasteiger partial charge in [0.15, 0.2) is 11.6 Å². The number of aliphatic hydroxyl groups excluding tert-OH is 1. The van der Waals surface area contributed by atoms with Crippen LogP contribution in [0.3, 0.4) is 0 Å². The molecule has 0 unspecified atom stereocenters. The summed E-state index contributed by atoms with van der Waals surface area (Å²) >= 11 is 0. The largest absolute Gasteiger partial charge is 0.395 e. The molecule has 0 fully saturated rings. The zero-order valence-corrected chi connectivity index (χ0v) is 13.9. The fourth-order valence-electron chi connectivity index (χ4n) is 2.49. The molecular weight excluding hydrogens is 328 g/mol. The van der Waals surface area contributed by atoms with Gasteiger partial charge in [-0.1, -0.05) is 24.3 Å². The summed E-state index contributed by atoms with van der Waals surface area (Å²) in [5, 5.41) is 14.4.